The van der Waals surface area contributed by atoms with E-state index in [0.717, 1.165) is 15.4 Å². The van der Waals surface area contributed by atoms with E-state index in [1.54, 1.807) is 42.5 Å². The van der Waals surface area contributed by atoms with E-state index in [1.807, 2.05) is 31.2 Å². The number of hydrogen-bond acceptors (Lipinski definition) is 5. The van der Waals surface area contributed by atoms with Gasteiger partial charge < -0.3 is 10.1 Å². The average molecular weight is 485 g/mol. The van der Waals surface area contributed by atoms with Crippen LogP contribution in [0, 0.1) is 6.92 Å². The summed E-state index contributed by atoms with van der Waals surface area (Å²) in [6.07, 6.45) is 0. The van der Waals surface area contributed by atoms with Crippen molar-refractivity contribution in [2.45, 2.75) is 11.8 Å². The number of aryl methyl sites for hydroxylation is 1. The molecule has 8 heteroatoms. The number of para-hydroxylation sites is 1. The van der Waals surface area contributed by atoms with Crippen molar-refractivity contribution >= 4 is 58.2 Å². The summed E-state index contributed by atoms with van der Waals surface area (Å²) in [5.74, 6) is -0.438. The number of imide groups is 1. The number of benzene rings is 3. The highest BCUT2D eigenvalue weighted by atomic mass is 35.5. The van der Waals surface area contributed by atoms with Crippen LogP contribution < -0.4 is 15.0 Å². The molecule has 0 saturated carbocycles. The number of nitrogens with zero attached hydrogens (tertiary/aromatic N) is 1. The largest absolute Gasteiger partial charge is 0.495 e. The molecule has 1 heterocycles. The van der Waals surface area contributed by atoms with Crippen LogP contribution in [0.25, 0.3) is 0 Å². The number of hydrogen-bond donors (Lipinski definition) is 1. The second kappa shape index (κ2) is 9.28. The molecule has 162 valence electrons. The zero-order valence-electron chi connectivity index (χ0n) is 17.2. The molecule has 0 aliphatic carbocycles. The highest BCUT2D eigenvalue weighted by Gasteiger charge is 2.41. The molecular formula is C24H18Cl2N2O3S. The van der Waals surface area contributed by atoms with E-state index in [4.69, 9.17) is 27.9 Å². The Kier molecular flexibility index (Phi) is 6.46. The molecule has 0 aromatic heterocycles. The summed E-state index contributed by atoms with van der Waals surface area (Å²) in [5, 5.41) is 3.77. The van der Waals surface area contributed by atoms with E-state index in [9.17, 15) is 9.59 Å². The molecule has 0 spiro atoms. The van der Waals surface area contributed by atoms with Gasteiger partial charge in [0, 0.05) is 10.6 Å². The van der Waals surface area contributed by atoms with E-state index >= 15 is 0 Å². The lowest BCUT2D eigenvalue weighted by atomic mass is 10.2. The molecule has 2 amide bonds. The molecule has 1 aliphatic heterocycles. The maximum Gasteiger partial charge on any atom is 0.283 e. The minimum absolute atomic E-state index is 0.154. The predicted molar refractivity (Wildman–Crippen MR) is 130 cm³/mol. The molecule has 4 rings (SSSR count). The maximum atomic E-state index is 13.4. The van der Waals surface area contributed by atoms with Gasteiger partial charge in [-0.05, 0) is 49.4 Å². The van der Waals surface area contributed by atoms with Gasteiger partial charge in [-0.15, -0.1) is 0 Å². The standard InChI is InChI=1S/C24H18Cl2N2O3S/c1-14-7-10-16(11-8-14)32-22-21(27-15-9-12-20(31-2)18(26)13-15)23(29)28(24(22)30)19-6-4-3-5-17(19)25/h3-13,27H,1-2H3. The van der Waals surface area contributed by atoms with Crippen LogP contribution in [0.4, 0.5) is 11.4 Å². The summed E-state index contributed by atoms with van der Waals surface area (Å²) in [6.45, 7) is 1.98. The molecule has 32 heavy (non-hydrogen) atoms. The Morgan fingerprint density at radius 1 is 0.906 bits per heavy atom. The smallest absolute Gasteiger partial charge is 0.283 e. The lowest BCUT2D eigenvalue weighted by Gasteiger charge is -2.16. The number of amides is 2. The van der Waals surface area contributed by atoms with E-state index in [0.29, 0.717) is 27.2 Å². The molecule has 0 fully saturated rings. The summed E-state index contributed by atoms with van der Waals surface area (Å²) in [4.78, 5) is 29.0. The van der Waals surface area contributed by atoms with Crippen LogP contribution in [0.15, 0.2) is 82.2 Å². The molecule has 0 saturated heterocycles. The fraction of sp³-hybridized carbons (Fsp3) is 0.0833. The molecule has 3 aromatic carbocycles. The third kappa shape index (κ3) is 4.35. The number of anilines is 2. The SMILES string of the molecule is COc1ccc(NC2=C(Sc3ccc(C)cc3)C(=O)N(c3ccccc3Cl)C2=O)cc1Cl. The summed E-state index contributed by atoms with van der Waals surface area (Å²) in [5.41, 5.74) is 2.13. The first-order valence-electron chi connectivity index (χ1n) is 9.61. The molecule has 1 N–H and O–H groups in total. The third-order valence-electron chi connectivity index (χ3n) is 4.80. The number of ether oxygens (including phenoxy) is 1. The van der Waals surface area contributed by atoms with Crippen molar-refractivity contribution in [3.8, 4) is 5.75 Å². The summed E-state index contributed by atoms with van der Waals surface area (Å²) < 4.78 is 5.19. The average Bonchev–Trinajstić information content (AvgIpc) is 3.00. The highest BCUT2D eigenvalue weighted by molar-refractivity contribution is 8.04. The second-order valence-electron chi connectivity index (χ2n) is 6.99. The summed E-state index contributed by atoms with van der Waals surface area (Å²) in [7, 11) is 1.52. The van der Waals surface area contributed by atoms with Crippen LogP contribution in [0.1, 0.15) is 5.56 Å². The van der Waals surface area contributed by atoms with Gasteiger partial charge in [0.2, 0.25) is 0 Å². The summed E-state index contributed by atoms with van der Waals surface area (Å²) >= 11 is 13.8. The van der Waals surface area contributed by atoms with Crippen molar-refractivity contribution in [1.29, 1.82) is 0 Å². The van der Waals surface area contributed by atoms with Crippen LogP contribution >= 0.6 is 35.0 Å². The molecule has 3 aromatic rings. The fourth-order valence-corrected chi connectivity index (χ4v) is 4.58. The first kappa shape index (κ1) is 22.3. The van der Waals surface area contributed by atoms with Crippen molar-refractivity contribution in [1.82, 2.24) is 0 Å². The van der Waals surface area contributed by atoms with Crippen molar-refractivity contribution < 1.29 is 14.3 Å². The van der Waals surface area contributed by atoms with Gasteiger partial charge in [0.15, 0.2) is 0 Å². The van der Waals surface area contributed by atoms with Crippen LogP contribution in [-0.2, 0) is 9.59 Å². The Labute approximate surface area is 200 Å². The number of carbonyl (C=O) groups excluding carboxylic acids is 2. The van der Waals surface area contributed by atoms with Crippen molar-refractivity contribution in [2.24, 2.45) is 0 Å². The highest BCUT2D eigenvalue weighted by Crippen LogP contribution is 2.40. The van der Waals surface area contributed by atoms with E-state index < -0.39 is 11.8 Å². The minimum atomic E-state index is -0.496. The molecule has 0 bridgehead atoms. The third-order valence-corrected chi connectivity index (χ3v) is 6.50. The molecule has 1 aliphatic rings. The van der Waals surface area contributed by atoms with Crippen molar-refractivity contribution in [2.75, 3.05) is 17.3 Å². The van der Waals surface area contributed by atoms with Crippen molar-refractivity contribution in [3.05, 3.63) is 92.9 Å². The number of thioether (sulfide) groups is 1. The zero-order chi connectivity index (χ0) is 22.8. The van der Waals surface area contributed by atoms with E-state index in [2.05, 4.69) is 5.32 Å². The molecular weight excluding hydrogens is 467 g/mol. The molecule has 5 nitrogen and oxygen atoms in total. The Bertz CT molecular complexity index is 1240. The molecule has 0 radical (unpaired) electrons. The van der Waals surface area contributed by atoms with Gasteiger partial charge >= 0.3 is 0 Å². The van der Waals surface area contributed by atoms with Gasteiger partial charge in [0.05, 0.1) is 22.8 Å². The lowest BCUT2D eigenvalue weighted by molar-refractivity contribution is -0.120. The van der Waals surface area contributed by atoms with Crippen molar-refractivity contribution in [3.63, 3.8) is 0 Å². The molecule has 0 atom stereocenters. The Balaban J connectivity index is 1.76. The van der Waals surface area contributed by atoms with Gasteiger partial charge in [-0.25, -0.2) is 4.90 Å². The van der Waals surface area contributed by atoms with Crippen LogP contribution in [0.3, 0.4) is 0 Å². The number of methoxy groups -OCH3 is 1. The quantitative estimate of drug-likeness (QED) is 0.416. The molecule has 0 unspecified atom stereocenters. The maximum absolute atomic E-state index is 13.4. The Morgan fingerprint density at radius 2 is 1.62 bits per heavy atom. The van der Waals surface area contributed by atoms with Crippen LogP contribution in [0.5, 0.6) is 5.75 Å². The lowest BCUT2D eigenvalue weighted by Crippen LogP contribution is -2.32. The van der Waals surface area contributed by atoms with Gasteiger partial charge in [-0.3, -0.25) is 9.59 Å². The number of halogens is 2. The predicted octanol–water partition coefficient (Wildman–Crippen LogP) is 6.30. The van der Waals surface area contributed by atoms with Gasteiger partial charge in [0.25, 0.3) is 11.8 Å². The van der Waals surface area contributed by atoms with Gasteiger partial charge in [-0.1, -0.05) is 64.8 Å². The zero-order valence-corrected chi connectivity index (χ0v) is 19.5. The minimum Gasteiger partial charge on any atom is -0.495 e. The fourth-order valence-electron chi connectivity index (χ4n) is 3.18. The van der Waals surface area contributed by atoms with Crippen LogP contribution in [-0.4, -0.2) is 18.9 Å². The number of rotatable bonds is 6. The first-order valence-corrected chi connectivity index (χ1v) is 11.2. The Hall–Kier alpha value is -2.93. The first-order chi connectivity index (χ1) is 15.4. The number of carbonyl (C=O) groups is 2. The van der Waals surface area contributed by atoms with E-state index in [1.165, 1.54) is 18.9 Å². The summed E-state index contributed by atoms with van der Waals surface area (Å²) in [6, 6.07) is 19.5. The Morgan fingerprint density at radius 3 is 2.28 bits per heavy atom. The van der Waals surface area contributed by atoms with Gasteiger partial charge in [0.1, 0.15) is 16.4 Å². The van der Waals surface area contributed by atoms with Gasteiger partial charge in [-0.2, -0.15) is 0 Å². The topological polar surface area (TPSA) is 58.6 Å². The van der Waals surface area contributed by atoms with Crippen LogP contribution in [0.2, 0.25) is 10.0 Å². The normalized spacial score (nSPS) is 13.7. The second-order valence-corrected chi connectivity index (χ2v) is 8.89. The number of nitrogens with one attached hydrogen (secondary N) is 1. The monoisotopic (exact) mass is 484 g/mol. The van der Waals surface area contributed by atoms with E-state index in [-0.39, 0.29) is 10.6 Å².